The first-order valence-corrected chi connectivity index (χ1v) is 7.56. The highest BCUT2D eigenvalue weighted by Crippen LogP contribution is 2.19. The van der Waals surface area contributed by atoms with E-state index >= 15 is 0 Å². The van der Waals surface area contributed by atoms with E-state index in [1.807, 2.05) is 0 Å². The molecular formula is C10H23NO7S. The number of β-amino-alcohol motifs (C(OH)–C–C–N with tert-alkyl or cyclic N) is 2. The van der Waals surface area contributed by atoms with Gasteiger partial charge in [0, 0.05) is 13.1 Å². The highest BCUT2D eigenvalue weighted by Gasteiger charge is 2.35. The van der Waals surface area contributed by atoms with Gasteiger partial charge in [-0.3, -0.25) is 9.45 Å². The van der Waals surface area contributed by atoms with Gasteiger partial charge in [0.15, 0.2) is 0 Å². The predicted molar refractivity (Wildman–Crippen MR) is 68.3 cm³/mol. The van der Waals surface area contributed by atoms with E-state index in [1.54, 1.807) is 6.92 Å². The summed E-state index contributed by atoms with van der Waals surface area (Å²) in [5, 5.41) is 37.4. The monoisotopic (exact) mass is 301 g/mol. The average molecular weight is 301 g/mol. The molecule has 0 aliphatic carbocycles. The Morgan fingerprint density at radius 1 is 1.21 bits per heavy atom. The van der Waals surface area contributed by atoms with Crippen LogP contribution in [-0.2, 0) is 10.1 Å². The fourth-order valence-corrected chi connectivity index (χ4v) is 2.48. The molecule has 0 fully saturated rings. The van der Waals surface area contributed by atoms with Crippen LogP contribution in [-0.4, -0.2) is 88.6 Å². The van der Waals surface area contributed by atoms with Crippen molar-refractivity contribution in [2.24, 2.45) is 0 Å². The second-order valence-corrected chi connectivity index (χ2v) is 5.96. The third kappa shape index (κ3) is 6.13. The van der Waals surface area contributed by atoms with Crippen LogP contribution >= 0.6 is 0 Å². The van der Waals surface area contributed by atoms with Crippen LogP contribution in [0, 0.1) is 0 Å². The van der Waals surface area contributed by atoms with Crippen molar-refractivity contribution in [1.82, 2.24) is 4.90 Å². The van der Waals surface area contributed by atoms with Gasteiger partial charge >= 0.3 is 0 Å². The summed E-state index contributed by atoms with van der Waals surface area (Å²) in [4.78, 5) is 1.42. The summed E-state index contributed by atoms with van der Waals surface area (Å²) < 4.78 is 30.0. The standard InChI is InChI=1S/C10H23NO7S/c1-2-10(7-13,8-14)11(3-4-12)5-9(15)6-19(16,17)18/h9,12-15H,2-8H2,1H3,(H,16,17,18). The third-order valence-corrected chi connectivity index (χ3v) is 3.93. The van der Waals surface area contributed by atoms with E-state index in [1.165, 1.54) is 4.90 Å². The van der Waals surface area contributed by atoms with E-state index in [0.29, 0.717) is 6.42 Å². The Bertz CT molecular complexity index is 334. The molecule has 0 aliphatic rings. The molecule has 0 amide bonds. The maximum Gasteiger partial charge on any atom is 0.267 e. The smallest absolute Gasteiger partial charge is 0.267 e. The Labute approximate surface area is 113 Å². The van der Waals surface area contributed by atoms with E-state index in [4.69, 9.17) is 9.66 Å². The zero-order valence-corrected chi connectivity index (χ0v) is 11.8. The normalized spacial score (nSPS) is 14.9. The Morgan fingerprint density at radius 2 is 1.74 bits per heavy atom. The van der Waals surface area contributed by atoms with Crippen LogP contribution in [0.25, 0.3) is 0 Å². The molecule has 0 aliphatic heterocycles. The molecule has 0 aromatic carbocycles. The van der Waals surface area contributed by atoms with Crippen molar-refractivity contribution in [3.05, 3.63) is 0 Å². The van der Waals surface area contributed by atoms with Crippen LogP contribution in [0.15, 0.2) is 0 Å². The third-order valence-electron chi connectivity index (χ3n) is 3.12. The average Bonchev–Trinajstić information content (AvgIpc) is 2.29. The summed E-state index contributed by atoms with van der Waals surface area (Å²) in [6.45, 7) is 0.482. The van der Waals surface area contributed by atoms with E-state index in [9.17, 15) is 23.7 Å². The van der Waals surface area contributed by atoms with Gasteiger partial charge in [0.2, 0.25) is 0 Å². The number of nitrogens with zero attached hydrogens (tertiary/aromatic N) is 1. The maximum atomic E-state index is 10.7. The summed E-state index contributed by atoms with van der Waals surface area (Å²) in [6.07, 6.45) is -1.04. The summed E-state index contributed by atoms with van der Waals surface area (Å²) in [5.41, 5.74) is -1.05. The summed E-state index contributed by atoms with van der Waals surface area (Å²) in [6, 6.07) is 0. The largest absolute Gasteiger partial charge is 0.395 e. The van der Waals surface area contributed by atoms with Crippen LogP contribution in [0.1, 0.15) is 13.3 Å². The van der Waals surface area contributed by atoms with Gasteiger partial charge in [0.1, 0.15) is 5.75 Å². The van der Waals surface area contributed by atoms with Crippen molar-refractivity contribution < 1.29 is 33.4 Å². The fourth-order valence-electron chi connectivity index (χ4n) is 1.89. The van der Waals surface area contributed by atoms with Crippen LogP contribution in [0.3, 0.4) is 0 Å². The van der Waals surface area contributed by atoms with E-state index in [-0.39, 0.29) is 19.7 Å². The molecule has 19 heavy (non-hydrogen) atoms. The van der Waals surface area contributed by atoms with E-state index in [2.05, 4.69) is 0 Å². The lowest BCUT2D eigenvalue weighted by atomic mass is 9.95. The molecule has 116 valence electrons. The molecule has 0 radical (unpaired) electrons. The molecule has 0 saturated carbocycles. The van der Waals surface area contributed by atoms with Crippen molar-refractivity contribution in [3.63, 3.8) is 0 Å². The lowest BCUT2D eigenvalue weighted by Gasteiger charge is -2.41. The highest BCUT2D eigenvalue weighted by atomic mass is 32.2. The van der Waals surface area contributed by atoms with Gasteiger partial charge < -0.3 is 20.4 Å². The summed E-state index contributed by atoms with van der Waals surface area (Å²) in [5.74, 6) is -0.842. The van der Waals surface area contributed by atoms with Crippen molar-refractivity contribution in [2.45, 2.75) is 25.0 Å². The molecule has 0 spiro atoms. The van der Waals surface area contributed by atoms with Gasteiger partial charge in [-0.1, -0.05) is 6.92 Å². The molecule has 5 N–H and O–H groups in total. The lowest BCUT2D eigenvalue weighted by molar-refractivity contribution is -0.0404. The summed E-state index contributed by atoms with van der Waals surface area (Å²) >= 11 is 0. The van der Waals surface area contributed by atoms with Crippen LogP contribution in [0.4, 0.5) is 0 Å². The quantitative estimate of drug-likeness (QED) is 0.283. The van der Waals surface area contributed by atoms with Crippen molar-refractivity contribution in [2.75, 3.05) is 38.7 Å². The molecule has 0 bridgehead atoms. The van der Waals surface area contributed by atoms with Crippen LogP contribution in [0.5, 0.6) is 0 Å². The molecule has 1 atom stereocenters. The first kappa shape index (κ1) is 18.7. The van der Waals surface area contributed by atoms with Gasteiger partial charge in [-0.05, 0) is 6.42 Å². The highest BCUT2D eigenvalue weighted by molar-refractivity contribution is 7.85. The Kier molecular flexibility index (Phi) is 7.98. The molecule has 1 unspecified atom stereocenters. The van der Waals surface area contributed by atoms with Crippen molar-refractivity contribution >= 4 is 10.1 Å². The maximum absolute atomic E-state index is 10.7. The van der Waals surface area contributed by atoms with Crippen molar-refractivity contribution in [3.8, 4) is 0 Å². The zero-order chi connectivity index (χ0) is 15.1. The minimum absolute atomic E-state index is 0.0531. The predicted octanol–water partition coefficient (Wildman–Crippen LogP) is -2.34. The zero-order valence-electron chi connectivity index (χ0n) is 10.9. The topological polar surface area (TPSA) is 139 Å². The minimum atomic E-state index is -4.31. The van der Waals surface area contributed by atoms with Gasteiger partial charge in [0.25, 0.3) is 10.1 Å². The second-order valence-electron chi connectivity index (χ2n) is 4.47. The molecular weight excluding hydrogens is 278 g/mol. The van der Waals surface area contributed by atoms with E-state index < -0.39 is 40.7 Å². The number of aliphatic hydroxyl groups is 4. The van der Waals surface area contributed by atoms with Gasteiger partial charge in [-0.25, -0.2) is 0 Å². The second kappa shape index (κ2) is 8.10. The van der Waals surface area contributed by atoms with Crippen molar-refractivity contribution in [1.29, 1.82) is 0 Å². The molecule has 0 heterocycles. The Balaban J connectivity index is 4.90. The molecule has 0 aromatic heterocycles. The number of hydrogen-bond donors (Lipinski definition) is 5. The van der Waals surface area contributed by atoms with Gasteiger partial charge in [-0.15, -0.1) is 0 Å². The fraction of sp³-hybridized carbons (Fsp3) is 1.00. The van der Waals surface area contributed by atoms with Gasteiger partial charge in [0.05, 0.1) is 31.5 Å². The summed E-state index contributed by atoms with van der Waals surface area (Å²) in [7, 11) is -4.31. The minimum Gasteiger partial charge on any atom is -0.395 e. The van der Waals surface area contributed by atoms with Gasteiger partial charge in [-0.2, -0.15) is 8.42 Å². The number of aliphatic hydroxyl groups excluding tert-OH is 4. The molecule has 9 heteroatoms. The molecule has 8 nitrogen and oxygen atoms in total. The molecule has 0 aromatic rings. The first-order chi connectivity index (χ1) is 8.74. The molecule has 0 rings (SSSR count). The SMILES string of the molecule is CCC(CO)(CO)N(CCO)CC(O)CS(=O)(=O)O. The van der Waals surface area contributed by atoms with E-state index in [0.717, 1.165) is 0 Å². The van der Waals surface area contributed by atoms with Crippen LogP contribution < -0.4 is 0 Å². The number of hydrogen-bond acceptors (Lipinski definition) is 7. The Morgan fingerprint density at radius 3 is 2.05 bits per heavy atom. The first-order valence-electron chi connectivity index (χ1n) is 5.95. The number of rotatable bonds is 10. The lowest BCUT2D eigenvalue weighted by Crippen LogP contribution is -2.57. The van der Waals surface area contributed by atoms with Crippen LogP contribution in [0.2, 0.25) is 0 Å². The molecule has 0 saturated heterocycles. The Hall–Kier alpha value is -0.290.